The van der Waals surface area contributed by atoms with Gasteiger partial charge in [0.05, 0.1) is 23.6 Å². The van der Waals surface area contributed by atoms with Crippen LogP contribution >= 0.6 is 0 Å². The zero-order chi connectivity index (χ0) is 23.9. The van der Waals surface area contributed by atoms with Crippen LogP contribution in [0.4, 0.5) is 16.0 Å². The van der Waals surface area contributed by atoms with Crippen molar-refractivity contribution in [1.82, 2.24) is 24.7 Å². The van der Waals surface area contributed by atoms with Crippen LogP contribution in [0, 0.1) is 18.7 Å². The van der Waals surface area contributed by atoms with E-state index in [0.29, 0.717) is 44.4 Å². The van der Waals surface area contributed by atoms with Crippen molar-refractivity contribution in [1.29, 1.82) is 0 Å². The minimum Gasteiger partial charge on any atom is -0.477 e. The van der Waals surface area contributed by atoms with Crippen molar-refractivity contribution in [2.24, 2.45) is 5.92 Å². The van der Waals surface area contributed by atoms with Crippen LogP contribution in [0.25, 0.3) is 5.65 Å². The first-order chi connectivity index (χ1) is 16.4. The largest absolute Gasteiger partial charge is 0.477 e. The number of aromatic nitrogens is 4. The lowest BCUT2D eigenvalue weighted by Gasteiger charge is -2.47. The molecule has 34 heavy (non-hydrogen) atoms. The standard InChI is InChI=1S/C23H28FN7O3/c1-3-34-21-17(20(32)28-16-8-18(24)19-27-14(2)10-31(19)11-16)9-26-22(29-21)30-6-4-15(5-7-30)23(33)12-25-13-23/h8-11,15,25,33H,3-7,12-13H2,1-2H3,(H,28,32). The number of carbonyl (C=O) groups is 1. The molecule has 0 atom stereocenters. The predicted molar refractivity (Wildman–Crippen MR) is 124 cm³/mol. The van der Waals surface area contributed by atoms with E-state index >= 15 is 0 Å². The van der Waals surface area contributed by atoms with Crippen LogP contribution in [-0.2, 0) is 0 Å². The normalized spacial score (nSPS) is 18.1. The van der Waals surface area contributed by atoms with Crippen LogP contribution in [0.15, 0.2) is 24.7 Å². The van der Waals surface area contributed by atoms with Crippen LogP contribution in [0.2, 0.25) is 0 Å². The molecule has 11 heteroatoms. The van der Waals surface area contributed by atoms with Crippen molar-refractivity contribution in [3.63, 3.8) is 0 Å². The van der Waals surface area contributed by atoms with Crippen LogP contribution in [0.3, 0.4) is 0 Å². The quantitative estimate of drug-likeness (QED) is 0.500. The van der Waals surface area contributed by atoms with Gasteiger partial charge in [-0.15, -0.1) is 0 Å². The Kier molecular flexibility index (Phi) is 5.82. The van der Waals surface area contributed by atoms with Gasteiger partial charge in [-0.1, -0.05) is 0 Å². The van der Waals surface area contributed by atoms with Crippen molar-refractivity contribution in [3.8, 4) is 5.88 Å². The van der Waals surface area contributed by atoms with Gasteiger partial charge < -0.3 is 29.8 Å². The molecule has 2 saturated heterocycles. The molecule has 0 aliphatic carbocycles. The van der Waals surface area contributed by atoms with Crippen LogP contribution in [0.1, 0.15) is 35.8 Å². The number of β-amino-alcohol motifs (C(OH)–C–C–N with tert-alkyl or cyclic N) is 1. The Bertz CT molecular complexity index is 1220. The van der Waals surface area contributed by atoms with E-state index in [-0.39, 0.29) is 28.7 Å². The number of piperidine rings is 1. The highest BCUT2D eigenvalue weighted by Gasteiger charge is 2.43. The fourth-order valence-electron chi connectivity index (χ4n) is 4.65. The lowest BCUT2D eigenvalue weighted by Crippen LogP contribution is -2.65. The molecule has 3 N–H and O–H groups in total. The Hall–Kier alpha value is -3.31. The molecule has 2 fully saturated rings. The molecule has 0 spiro atoms. The molecule has 180 valence electrons. The molecule has 2 aliphatic heterocycles. The predicted octanol–water partition coefficient (Wildman–Crippen LogP) is 1.77. The minimum absolute atomic E-state index is 0.164. The number of ether oxygens (including phenoxy) is 1. The third-order valence-corrected chi connectivity index (χ3v) is 6.55. The first-order valence-corrected chi connectivity index (χ1v) is 11.5. The maximum absolute atomic E-state index is 14.4. The van der Waals surface area contributed by atoms with Gasteiger partial charge >= 0.3 is 0 Å². The summed E-state index contributed by atoms with van der Waals surface area (Å²) in [7, 11) is 0. The highest BCUT2D eigenvalue weighted by atomic mass is 19.1. The summed E-state index contributed by atoms with van der Waals surface area (Å²) in [5, 5.41) is 16.4. The van der Waals surface area contributed by atoms with Gasteiger partial charge in [-0.2, -0.15) is 4.98 Å². The summed E-state index contributed by atoms with van der Waals surface area (Å²) in [6, 6.07) is 1.23. The topological polar surface area (TPSA) is 117 Å². The van der Waals surface area contributed by atoms with Gasteiger partial charge in [0.1, 0.15) is 5.56 Å². The van der Waals surface area contributed by atoms with Crippen LogP contribution < -0.4 is 20.3 Å². The Morgan fingerprint density at radius 3 is 2.76 bits per heavy atom. The molecule has 10 nitrogen and oxygen atoms in total. The Morgan fingerprint density at radius 1 is 1.32 bits per heavy atom. The highest BCUT2D eigenvalue weighted by Crippen LogP contribution is 2.32. The second-order valence-corrected chi connectivity index (χ2v) is 8.93. The fourth-order valence-corrected chi connectivity index (χ4v) is 4.65. The van der Waals surface area contributed by atoms with Crippen molar-refractivity contribution >= 4 is 23.2 Å². The summed E-state index contributed by atoms with van der Waals surface area (Å²) < 4.78 is 21.6. The molecule has 0 aromatic carbocycles. The second-order valence-electron chi connectivity index (χ2n) is 8.93. The van der Waals surface area contributed by atoms with E-state index < -0.39 is 17.3 Å². The van der Waals surface area contributed by atoms with Crippen LogP contribution in [-0.4, -0.2) is 68.8 Å². The van der Waals surface area contributed by atoms with Gasteiger partial charge in [-0.25, -0.2) is 14.4 Å². The molecule has 3 aromatic heterocycles. The zero-order valence-corrected chi connectivity index (χ0v) is 19.2. The third-order valence-electron chi connectivity index (χ3n) is 6.55. The average molecular weight is 470 g/mol. The summed E-state index contributed by atoms with van der Waals surface area (Å²) >= 11 is 0. The number of pyridine rings is 1. The molecular formula is C23H28FN7O3. The molecule has 0 radical (unpaired) electrons. The maximum Gasteiger partial charge on any atom is 0.262 e. The molecule has 2 aliphatic rings. The highest BCUT2D eigenvalue weighted by molar-refractivity contribution is 6.05. The second kappa shape index (κ2) is 8.80. The summed E-state index contributed by atoms with van der Waals surface area (Å²) in [4.78, 5) is 28.1. The summed E-state index contributed by atoms with van der Waals surface area (Å²) in [5.74, 6) is -0.122. The van der Waals surface area contributed by atoms with E-state index in [1.54, 1.807) is 19.3 Å². The average Bonchev–Trinajstić information content (AvgIpc) is 3.18. The van der Waals surface area contributed by atoms with Crippen molar-refractivity contribution in [2.45, 2.75) is 32.3 Å². The molecule has 3 aromatic rings. The Labute approximate surface area is 196 Å². The number of nitrogens with one attached hydrogen (secondary N) is 2. The van der Waals surface area contributed by atoms with Gasteiger partial charge in [-0.05, 0) is 32.6 Å². The van der Waals surface area contributed by atoms with Crippen LogP contribution in [0.5, 0.6) is 5.88 Å². The van der Waals surface area contributed by atoms with Gasteiger partial charge in [0.2, 0.25) is 11.8 Å². The number of aliphatic hydroxyl groups is 1. The lowest BCUT2D eigenvalue weighted by atomic mass is 9.77. The zero-order valence-electron chi connectivity index (χ0n) is 19.2. The SMILES string of the molecule is CCOc1nc(N2CCC(C3(O)CNC3)CC2)ncc1C(=O)Nc1cc(F)c2nc(C)cn2c1. The molecule has 0 unspecified atom stereocenters. The van der Waals surface area contributed by atoms with Gasteiger partial charge in [0, 0.05) is 50.8 Å². The van der Waals surface area contributed by atoms with E-state index in [1.165, 1.54) is 16.7 Å². The first kappa shape index (κ1) is 22.5. The number of aryl methyl sites for hydroxylation is 1. The molecule has 0 bridgehead atoms. The Balaban J connectivity index is 1.32. The van der Waals surface area contributed by atoms with E-state index in [1.807, 2.05) is 11.8 Å². The number of carbonyl (C=O) groups excluding carboxylic acids is 1. The molecular weight excluding hydrogens is 441 g/mol. The number of nitrogens with zero attached hydrogens (tertiary/aromatic N) is 5. The molecule has 0 saturated carbocycles. The van der Waals surface area contributed by atoms with Crippen molar-refractivity contribution in [3.05, 3.63) is 41.7 Å². The summed E-state index contributed by atoms with van der Waals surface area (Å²) in [6.45, 7) is 6.63. The number of hydrogen-bond donors (Lipinski definition) is 3. The smallest absolute Gasteiger partial charge is 0.262 e. The molecule has 5 rings (SSSR count). The molecule has 1 amide bonds. The number of halogens is 1. The number of hydrogen-bond acceptors (Lipinski definition) is 8. The lowest BCUT2D eigenvalue weighted by molar-refractivity contribution is -0.0689. The fraction of sp³-hybridized carbons (Fsp3) is 0.478. The van der Waals surface area contributed by atoms with Gasteiger partial charge in [-0.3, -0.25) is 4.79 Å². The number of rotatable bonds is 6. The van der Waals surface area contributed by atoms with E-state index in [4.69, 9.17) is 4.74 Å². The van der Waals surface area contributed by atoms with Gasteiger partial charge in [0.15, 0.2) is 11.5 Å². The number of imidazole rings is 1. The van der Waals surface area contributed by atoms with E-state index in [9.17, 15) is 14.3 Å². The van der Waals surface area contributed by atoms with Crippen molar-refractivity contribution in [2.75, 3.05) is 43.0 Å². The summed E-state index contributed by atoms with van der Waals surface area (Å²) in [5.41, 5.74) is 0.709. The van der Waals surface area contributed by atoms with E-state index in [2.05, 4.69) is 25.6 Å². The number of fused-ring (bicyclic) bond motifs is 1. The number of anilines is 2. The first-order valence-electron chi connectivity index (χ1n) is 11.5. The number of amides is 1. The third kappa shape index (κ3) is 4.16. The van der Waals surface area contributed by atoms with E-state index in [0.717, 1.165) is 12.8 Å². The van der Waals surface area contributed by atoms with Crippen molar-refractivity contribution < 1.29 is 19.0 Å². The Morgan fingerprint density at radius 2 is 2.09 bits per heavy atom. The monoisotopic (exact) mass is 469 g/mol. The molecule has 5 heterocycles. The van der Waals surface area contributed by atoms with Gasteiger partial charge in [0.25, 0.3) is 5.91 Å². The summed E-state index contributed by atoms with van der Waals surface area (Å²) in [6.07, 6.45) is 6.40. The minimum atomic E-state index is -0.608. The maximum atomic E-state index is 14.4.